The van der Waals surface area contributed by atoms with Gasteiger partial charge < -0.3 is 5.32 Å². The van der Waals surface area contributed by atoms with Crippen LogP contribution in [0.5, 0.6) is 0 Å². The second kappa shape index (κ2) is 9.45. The van der Waals surface area contributed by atoms with E-state index < -0.39 is 20.0 Å². The molecule has 2 N–H and O–H groups in total. The minimum atomic E-state index is -3.90. The standard InChI is InChI=1S/C17H24ClN3O4S3/c1-4-11-19-14-8-7-13(28(24,25)21(5-2)6-3)12-15(14)20-27(22,23)17-10-9-16(18)26-17/h7-10,12,19-20H,4-6,11H2,1-3H3. The molecule has 1 heterocycles. The molecular formula is C17H24ClN3O4S3. The number of rotatable bonds is 10. The molecule has 0 unspecified atom stereocenters. The number of nitrogens with one attached hydrogen (secondary N) is 2. The maximum absolute atomic E-state index is 12.8. The molecule has 0 fully saturated rings. The van der Waals surface area contributed by atoms with Crippen molar-refractivity contribution in [1.29, 1.82) is 0 Å². The first-order chi connectivity index (χ1) is 13.2. The molecule has 2 rings (SSSR count). The lowest BCUT2D eigenvalue weighted by Gasteiger charge is -2.20. The van der Waals surface area contributed by atoms with Gasteiger partial charge in [-0.15, -0.1) is 11.3 Å². The fourth-order valence-corrected chi connectivity index (χ4v) is 6.57. The van der Waals surface area contributed by atoms with Gasteiger partial charge in [-0.3, -0.25) is 4.72 Å². The number of thiophene rings is 1. The van der Waals surface area contributed by atoms with Crippen LogP contribution in [0.1, 0.15) is 27.2 Å². The van der Waals surface area contributed by atoms with Crippen molar-refractivity contribution in [3.63, 3.8) is 0 Å². The van der Waals surface area contributed by atoms with Crippen LogP contribution >= 0.6 is 22.9 Å². The summed E-state index contributed by atoms with van der Waals surface area (Å²) >= 11 is 6.78. The number of anilines is 2. The van der Waals surface area contributed by atoms with Crippen molar-refractivity contribution in [3.05, 3.63) is 34.7 Å². The highest BCUT2D eigenvalue weighted by molar-refractivity contribution is 7.94. The van der Waals surface area contributed by atoms with Crippen LogP contribution < -0.4 is 10.0 Å². The fourth-order valence-electron chi connectivity index (χ4n) is 2.53. The van der Waals surface area contributed by atoms with E-state index in [-0.39, 0.29) is 14.8 Å². The molecule has 0 amide bonds. The fraction of sp³-hybridized carbons (Fsp3) is 0.412. The Kier molecular flexibility index (Phi) is 7.74. The maximum Gasteiger partial charge on any atom is 0.271 e. The molecule has 0 atom stereocenters. The summed E-state index contributed by atoms with van der Waals surface area (Å²) in [5.74, 6) is 0. The SMILES string of the molecule is CCCNc1ccc(S(=O)(=O)N(CC)CC)cc1NS(=O)(=O)c1ccc(Cl)s1. The van der Waals surface area contributed by atoms with Gasteiger partial charge in [0.1, 0.15) is 4.21 Å². The van der Waals surface area contributed by atoms with Crippen molar-refractivity contribution in [2.75, 3.05) is 29.7 Å². The molecule has 0 aliphatic heterocycles. The highest BCUT2D eigenvalue weighted by atomic mass is 35.5. The quantitative estimate of drug-likeness (QED) is 0.551. The topological polar surface area (TPSA) is 95.6 Å². The third kappa shape index (κ3) is 5.18. The highest BCUT2D eigenvalue weighted by Gasteiger charge is 2.24. The smallest absolute Gasteiger partial charge is 0.271 e. The summed E-state index contributed by atoms with van der Waals surface area (Å²) in [7, 11) is -7.62. The first-order valence-corrected chi connectivity index (χ1v) is 12.9. The maximum atomic E-state index is 12.8. The Morgan fingerprint density at radius 3 is 2.21 bits per heavy atom. The Hall–Kier alpha value is -1.33. The van der Waals surface area contributed by atoms with Crippen LogP contribution in [0.2, 0.25) is 4.34 Å². The normalized spacial score (nSPS) is 12.3. The summed E-state index contributed by atoms with van der Waals surface area (Å²) in [5.41, 5.74) is 0.678. The zero-order valence-electron chi connectivity index (χ0n) is 15.9. The van der Waals surface area contributed by atoms with Crippen molar-refractivity contribution in [1.82, 2.24) is 4.31 Å². The van der Waals surface area contributed by atoms with E-state index in [1.54, 1.807) is 19.9 Å². The van der Waals surface area contributed by atoms with Gasteiger partial charge in [0, 0.05) is 19.6 Å². The molecule has 0 radical (unpaired) electrons. The molecule has 0 bridgehead atoms. The van der Waals surface area contributed by atoms with Gasteiger partial charge in [0.15, 0.2) is 0 Å². The number of hydrogen-bond donors (Lipinski definition) is 2. The number of nitrogens with zero attached hydrogens (tertiary/aromatic N) is 1. The predicted octanol–water partition coefficient (Wildman–Crippen LogP) is 4.05. The molecule has 11 heteroatoms. The lowest BCUT2D eigenvalue weighted by atomic mass is 10.2. The van der Waals surface area contributed by atoms with Crippen molar-refractivity contribution < 1.29 is 16.8 Å². The van der Waals surface area contributed by atoms with Crippen LogP contribution in [0, 0.1) is 0 Å². The third-order valence-corrected chi connectivity index (χ3v) is 9.09. The van der Waals surface area contributed by atoms with E-state index in [1.807, 2.05) is 6.92 Å². The number of benzene rings is 1. The number of halogens is 1. The van der Waals surface area contributed by atoms with Crippen molar-refractivity contribution in [2.45, 2.75) is 36.3 Å². The van der Waals surface area contributed by atoms with E-state index in [0.717, 1.165) is 17.8 Å². The van der Waals surface area contributed by atoms with Crippen molar-refractivity contribution >= 4 is 54.4 Å². The third-order valence-electron chi connectivity index (χ3n) is 3.96. The van der Waals surface area contributed by atoms with Crippen molar-refractivity contribution in [3.8, 4) is 0 Å². The zero-order chi connectivity index (χ0) is 20.9. The molecule has 0 spiro atoms. The molecule has 0 saturated heterocycles. The molecule has 7 nitrogen and oxygen atoms in total. The van der Waals surface area contributed by atoms with Gasteiger partial charge in [0.05, 0.1) is 20.6 Å². The van der Waals surface area contributed by atoms with Gasteiger partial charge in [-0.25, -0.2) is 16.8 Å². The van der Waals surface area contributed by atoms with Gasteiger partial charge in [0.25, 0.3) is 10.0 Å². The summed E-state index contributed by atoms with van der Waals surface area (Å²) in [5, 5.41) is 3.12. The van der Waals surface area contributed by atoms with Gasteiger partial charge in [0.2, 0.25) is 10.0 Å². The molecule has 0 saturated carbocycles. The summed E-state index contributed by atoms with van der Waals surface area (Å²) in [6.45, 7) is 6.74. The van der Waals surface area contributed by atoms with Crippen LogP contribution in [-0.4, -0.2) is 40.8 Å². The average Bonchev–Trinajstić information content (AvgIpc) is 3.08. The summed E-state index contributed by atoms with van der Waals surface area (Å²) in [6, 6.07) is 7.30. The molecule has 1 aromatic heterocycles. The Morgan fingerprint density at radius 1 is 1.00 bits per heavy atom. The Balaban J connectivity index is 2.50. The van der Waals surface area contributed by atoms with Crippen LogP contribution in [0.3, 0.4) is 0 Å². The van der Waals surface area contributed by atoms with Crippen LogP contribution in [0.15, 0.2) is 39.4 Å². The molecule has 156 valence electrons. The first kappa shape index (κ1) is 23.0. The largest absolute Gasteiger partial charge is 0.383 e. The van der Waals surface area contributed by atoms with E-state index in [1.165, 1.54) is 28.6 Å². The van der Waals surface area contributed by atoms with E-state index in [9.17, 15) is 16.8 Å². The molecule has 2 aromatic rings. The molecule has 1 aromatic carbocycles. The lowest BCUT2D eigenvalue weighted by Crippen LogP contribution is -2.30. The Labute approximate surface area is 175 Å². The minimum absolute atomic E-state index is 0.0279. The van der Waals surface area contributed by atoms with E-state index in [0.29, 0.717) is 29.7 Å². The lowest BCUT2D eigenvalue weighted by molar-refractivity contribution is 0.445. The van der Waals surface area contributed by atoms with Gasteiger partial charge in [-0.05, 0) is 36.8 Å². The number of sulfonamides is 2. The van der Waals surface area contributed by atoms with Crippen LogP contribution in [0.25, 0.3) is 0 Å². The molecule has 0 aliphatic carbocycles. The molecular weight excluding hydrogens is 442 g/mol. The van der Waals surface area contributed by atoms with E-state index in [2.05, 4.69) is 10.0 Å². The van der Waals surface area contributed by atoms with Crippen molar-refractivity contribution in [2.24, 2.45) is 0 Å². The van der Waals surface area contributed by atoms with Crippen LogP contribution in [-0.2, 0) is 20.0 Å². The Bertz CT molecular complexity index is 1020. The average molecular weight is 466 g/mol. The van der Waals surface area contributed by atoms with Gasteiger partial charge >= 0.3 is 0 Å². The first-order valence-electron chi connectivity index (χ1n) is 8.81. The van der Waals surface area contributed by atoms with Crippen LogP contribution in [0.4, 0.5) is 11.4 Å². The second-order valence-electron chi connectivity index (χ2n) is 5.89. The number of hydrogen-bond acceptors (Lipinski definition) is 6. The van der Waals surface area contributed by atoms with E-state index in [4.69, 9.17) is 11.6 Å². The summed E-state index contributed by atoms with van der Waals surface area (Å²) in [6.07, 6.45) is 0.826. The highest BCUT2D eigenvalue weighted by Crippen LogP contribution is 2.32. The molecule has 28 heavy (non-hydrogen) atoms. The Morgan fingerprint density at radius 2 is 1.68 bits per heavy atom. The monoisotopic (exact) mass is 465 g/mol. The summed E-state index contributed by atoms with van der Waals surface area (Å²) < 4.78 is 55.3. The second-order valence-corrected chi connectivity index (χ2v) is 11.4. The summed E-state index contributed by atoms with van der Waals surface area (Å²) in [4.78, 5) is 0.0279. The van der Waals surface area contributed by atoms with Gasteiger partial charge in [-0.2, -0.15) is 4.31 Å². The van der Waals surface area contributed by atoms with Gasteiger partial charge in [-0.1, -0.05) is 32.4 Å². The zero-order valence-corrected chi connectivity index (χ0v) is 19.1. The minimum Gasteiger partial charge on any atom is -0.383 e. The predicted molar refractivity (Wildman–Crippen MR) is 115 cm³/mol. The van der Waals surface area contributed by atoms with E-state index >= 15 is 0 Å². The molecule has 0 aliphatic rings.